The maximum absolute atomic E-state index is 12.7. The minimum Gasteiger partial charge on any atom is -0.398 e. The van der Waals surface area contributed by atoms with Gasteiger partial charge in [0, 0.05) is 11.1 Å². The molecule has 0 aliphatic heterocycles. The van der Waals surface area contributed by atoms with Crippen LogP contribution in [0.1, 0.15) is 31.7 Å². The summed E-state index contributed by atoms with van der Waals surface area (Å²) in [5.41, 5.74) is 10.00. The van der Waals surface area contributed by atoms with Gasteiger partial charge in [-0.3, -0.25) is 4.79 Å². The van der Waals surface area contributed by atoms with Gasteiger partial charge in [-0.05, 0) is 40.5 Å². The van der Waals surface area contributed by atoms with Crippen LogP contribution in [0.3, 0.4) is 0 Å². The summed E-state index contributed by atoms with van der Waals surface area (Å²) in [4.78, 5) is 12.7. The molecule has 3 N–H and O–H groups in total. The van der Waals surface area contributed by atoms with Gasteiger partial charge in [-0.25, -0.2) is 0 Å². The summed E-state index contributed by atoms with van der Waals surface area (Å²) in [6.07, 6.45) is 0.725. The van der Waals surface area contributed by atoms with E-state index in [0.717, 1.165) is 39.6 Å². The van der Waals surface area contributed by atoms with Gasteiger partial charge in [-0.15, -0.1) is 0 Å². The number of amides is 1. The van der Waals surface area contributed by atoms with Gasteiger partial charge >= 0.3 is 0 Å². The molecule has 0 radical (unpaired) electrons. The lowest BCUT2D eigenvalue weighted by atomic mass is 9.87. The smallest absolute Gasteiger partial charge is 0.228 e. The first-order chi connectivity index (χ1) is 13.5. The quantitative estimate of drug-likeness (QED) is 0.480. The van der Waals surface area contributed by atoms with Crippen molar-refractivity contribution in [2.45, 2.75) is 26.2 Å². The Morgan fingerprint density at radius 3 is 2.54 bits per heavy atom. The fourth-order valence-corrected chi connectivity index (χ4v) is 3.61. The fraction of sp³-hybridized carbons (Fsp3) is 0.250. The van der Waals surface area contributed by atoms with E-state index in [-0.39, 0.29) is 18.4 Å². The second-order valence-corrected chi connectivity index (χ2v) is 7.43. The lowest BCUT2D eigenvalue weighted by Crippen LogP contribution is -2.30. The SMILES string of the molecule is CC(C)CC(C(=O)NCC#N)c1cccc(-c2ccc(N)c3ccccc23)c1. The first-order valence-corrected chi connectivity index (χ1v) is 9.53. The van der Waals surface area contributed by atoms with E-state index in [9.17, 15) is 4.79 Å². The van der Waals surface area contributed by atoms with E-state index in [1.165, 1.54) is 0 Å². The number of hydrogen-bond acceptors (Lipinski definition) is 3. The lowest BCUT2D eigenvalue weighted by Gasteiger charge is -2.19. The number of nitrogens with one attached hydrogen (secondary N) is 1. The Hall–Kier alpha value is -3.32. The average Bonchev–Trinajstić information content (AvgIpc) is 2.70. The molecule has 142 valence electrons. The highest BCUT2D eigenvalue weighted by Gasteiger charge is 2.22. The number of nitriles is 1. The van der Waals surface area contributed by atoms with Crippen molar-refractivity contribution in [2.75, 3.05) is 12.3 Å². The van der Waals surface area contributed by atoms with Crippen molar-refractivity contribution in [3.8, 4) is 17.2 Å². The van der Waals surface area contributed by atoms with Crippen LogP contribution in [0.25, 0.3) is 21.9 Å². The van der Waals surface area contributed by atoms with E-state index in [4.69, 9.17) is 11.0 Å². The molecule has 0 aliphatic rings. The molecule has 0 saturated carbocycles. The van der Waals surface area contributed by atoms with E-state index in [1.54, 1.807) is 0 Å². The van der Waals surface area contributed by atoms with Crippen molar-refractivity contribution in [1.29, 1.82) is 5.26 Å². The topological polar surface area (TPSA) is 78.9 Å². The van der Waals surface area contributed by atoms with E-state index in [0.29, 0.717) is 5.92 Å². The summed E-state index contributed by atoms with van der Waals surface area (Å²) in [6.45, 7) is 4.22. The molecule has 0 heterocycles. The molecule has 3 aromatic carbocycles. The monoisotopic (exact) mass is 371 g/mol. The molecule has 1 atom stereocenters. The number of rotatable bonds is 6. The zero-order chi connectivity index (χ0) is 20.1. The summed E-state index contributed by atoms with van der Waals surface area (Å²) in [7, 11) is 0. The highest BCUT2D eigenvalue weighted by molar-refractivity contribution is 6.03. The molecular formula is C24H25N3O. The number of nitrogens with zero attached hydrogens (tertiary/aromatic N) is 1. The fourth-order valence-electron chi connectivity index (χ4n) is 3.61. The molecule has 0 spiro atoms. The molecule has 1 amide bonds. The minimum atomic E-state index is -0.284. The molecule has 0 aliphatic carbocycles. The van der Waals surface area contributed by atoms with Gasteiger partial charge in [0.15, 0.2) is 0 Å². The van der Waals surface area contributed by atoms with Gasteiger partial charge in [0.05, 0.1) is 12.0 Å². The van der Waals surface area contributed by atoms with E-state index < -0.39 is 0 Å². The first-order valence-electron chi connectivity index (χ1n) is 9.53. The highest BCUT2D eigenvalue weighted by atomic mass is 16.1. The first kappa shape index (κ1) is 19.4. The molecule has 0 saturated heterocycles. The molecule has 0 bridgehead atoms. The maximum Gasteiger partial charge on any atom is 0.228 e. The van der Waals surface area contributed by atoms with Crippen LogP contribution in [0.15, 0.2) is 60.7 Å². The van der Waals surface area contributed by atoms with Crippen LogP contribution in [-0.2, 0) is 4.79 Å². The van der Waals surface area contributed by atoms with Crippen molar-refractivity contribution in [2.24, 2.45) is 5.92 Å². The standard InChI is InChI=1S/C24H25N3O/c1-16(2)14-22(24(28)27-13-12-25)18-7-5-6-17(15-18)19-10-11-23(26)21-9-4-3-8-20(19)21/h3-11,15-16,22H,13-14,26H2,1-2H3,(H,27,28). The molecule has 3 rings (SSSR count). The van der Waals surface area contributed by atoms with E-state index >= 15 is 0 Å². The van der Waals surface area contributed by atoms with Crippen molar-refractivity contribution >= 4 is 22.4 Å². The number of carbonyl (C=O) groups excluding carboxylic acids is 1. The lowest BCUT2D eigenvalue weighted by molar-refractivity contribution is -0.122. The van der Waals surface area contributed by atoms with E-state index in [1.807, 2.05) is 48.5 Å². The molecular weight excluding hydrogens is 346 g/mol. The number of fused-ring (bicyclic) bond motifs is 1. The average molecular weight is 371 g/mol. The van der Waals surface area contributed by atoms with Gasteiger partial charge in [0.2, 0.25) is 5.91 Å². The van der Waals surface area contributed by atoms with Crippen LogP contribution >= 0.6 is 0 Å². The zero-order valence-corrected chi connectivity index (χ0v) is 16.3. The third-order valence-electron chi connectivity index (χ3n) is 4.92. The normalized spacial score (nSPS) is 11.9. The number of anilines is 1. The number of nitrogens with two attached hydrogens (primary N) is 1. The summed E-state index contributed by atoms with van der Waals surface area (Å²) in [5, 5.41) is 13.6. The molecule has 1 unspecified atom stereocenters. The van der Waals surface area contributed by atoms with Crippen LogP contribution < -0.4 is 11.1 Å². The Morgan fingerprint density at radius 1 is 1.07 bits per heavy atom. The third-order valence-corrected chi connectivity index (χ3v) is 4.92. The Balaban J connectivity index is 2.05. The Bertz CT molecular complexity index is 1030. The van der Waals surface area contributed by atoms with Crippen molar-refractivity contribution in [3.63, 3.8) is 0 Å². The maximum atomic E-state index is 12.7. The minimum absolute atomic E-state index is 0.0235. The molecule has 0 aromatic heterocycles. The molecule has 3 aromatic rings. The molecule has 4 heteroatoms. The Labute approximate surface area is 166 Å². The summed E-state index contributed by atoms with van der Waals surface area (Å²) < 4.78 is 0. The van der Waals surface area contributed by atoms with Gasteiger partial charge in [0.1, 0.15) is 6.54 Å². The number of carbonyl (C=O) groups is 1. The van der Waals surface area contributed by atoms with Crippen LogP contribution in [0, 0.1) is 17.2 Å². The third kappa shape index (κ3) is 4.15. The van der Waals surface area contributed by atoms with Crippen LogP contribution in [0.4, 0.5) is 5.69 Å². The van der Waals surface area contributed by atoms with Crippen molar-refractivity contribution in [1.82, 2.24) is 5.32 Å². The zero-order valence-electron chi connectivity index (χ0n) is 16.3. The second-order valence-electron chi connectivity index (χ2n) is 7.43. The predicted octanol–water partition coefficient (Wildman–Crippen LogP) is 4.86. The largest absolute Gasteiger partial charge is 0.398 e. The van der Waals surface area contributed by atoms with Gasteiger partial charge in [-0.2, -0.15) is 5.26 Å². The molecule has 28 heavy (non-hydrogen) atoms. The molecule has 4 nitrogen and oxygen atoms in total. The Kier molecular flexibility index (Phi) is 5.96. The molecule has 0 fully saturated rings. The van der Waals surface area contributed by atoms with Gasteiger partial charge in [-0.1, -0.05) is 68.4 Å². The predicted molar refractivity (Wildman–Crippen MR) is 115 cm³/mol. The summed E-state index contributed by atoms with van der Waals surface area (Å²) in [6, 6.07) is 22.1. The highest BCUT2D eigenvalue weighted by Crippen LogP contribution is 2.34. The second kappa shape index (κ2) is 8.58. The Morgan fingerprint density at radius 2 is 1.82 bits per heavy atom. The van der Waals surface area contributed by atoms with Crippen LogP contribution in [0.2, 0.25) is 0 Å². The van der Waals surface area contributed by atoms with Crippen LogP contribution in [0.5, 0.6) is 0 Å². The number of hydrogen-bond donors (Lipinski definition) is 2. The number of nitrogen functional groups attached to an aromatic ring is 1. The summed E-state index contributed by atoms with van der Waals surface area (Å²) in [5.74, 6) is -0.0262. The van der Waals surface area contributed by atoms with Gasteiger partial charge < -0.3 is 11.1 Å². The van der Waals surface area contributed by atoms with Crippen LogP contribution in [-0.4, -0.2) is 12.5 Å². The van der Waals surface area contributed by atoms with Gasteiger partial charge in [0.25, 0.3) is 0 Å². The van der Waals surface area contributed by atoms with Crippen molar-refractivity contribution < 1.29 is 4.79 Å². The van der Waals surface area contributed by atoms with E-state index in [2.05, 4.69) is 37.4 Å². The summed E-state index contributed by atoms with van der Waals surface area (Å²) >= 11 is 0. The number of benzene rings is 3. The van der Waals surface area contributed by atoms with Crippen molar-refractivity contribution in [3.05, 3.63) is 66.2 Å².